The van der Waals surface area contributed by atoms with Crippen molar-refractivity contribution in [3.05, 3.63) is 176 Å². The Balaban J connectivity index is 1.14. The lowest BCUT2D eigenvalue weighted by atomic mass is 10.0. The fraction of sp³-hybridized carbons (Fsp3) is 0. The molecule has 222 valence electrons. The topological polar surface area (TPSA) is 21.1 Å². The average molecular weight is 620 g/mol. The molecule has 0 atom stereocenters. The molecular weight excluding hydrogens is 591 g/mol. The zero-order valence-corrected chi connectivity index (χ0v) is 26.3. The average Bonchev–Trinajstić information content (AvgIpc) is 3.54. The Morgan fingerprint density at radius 2 is 0.936 bits per heavy atom. The van der Waals surface area contributed by atoms with Crippen LogP contribution in [0.5, 0.6) is 0 Å². The molecule has 2 heterocycles. The van der Waals surface area contributed by atoms with E-state index in [4.69, 9.17) is 4.98 Å². The Morgan fingerprint density at radius 3 is 1.64 bits per heavy atom. The molecule has 0 saturated carbocycles. The standard InChI is InChI=1S/C43H29N3S/c1-3-11-30(12-4-1)32-19-24-35(25-20-32)45-39-17-9-10-18-41(39)47-42-29-34(23-28-40(42)45)43-44-37-15-7-8-16-38(37)46(43)36-26-21-33(22-27-36)31-13-5-2-6-14-31/h1-29H. The van der Waals surface area contributed by atoms with Crippen LogP contribution in [0, 0.1) is 0 Å². The second kappa shape index (κ2) is 11.5. The van der Waals surface area contributed by atoms with Crippen molar-refractivity contribution in [1.82, 2.24) is 9.55 Å². The number of hydrogen-bond acceptors (Lipinski definition) is 3. The highest BCUT2D eigenvalue weighted by atomic mass is 32.2. The van der Waals surface area contributed by atoms with E-state index in [1.54, 1.807) is 0 Å². The van der Waals surface area contributed by atoms with E-state index in [9.17, 15) is 0 Å². The second-order valence-corrected chi connectivity index (χ2v) is 12.8. The molecule has 9 rings (SSSR count). The van der Waals surface area contributed by atoms with Gasteiger partial charge in [-0.1, -0.05) is 121 Å². The summed E-state index contributed by atoms with van der Waals surface area (Å²) < 4.78 is 2.29. The predicted octanol–water partition coefficient (Wildman–Crippen LogP) is 12.0. The van der Waals surface area contributed by atoms with Gasteiger partial charge >= 0.3 is 0 Å². The maximum Gasteiger partial charge on any atom is 0.145 e. The van der Waals surface area contributed by atoms with Gasteiger partial charge in [0, 0.05) is 26.7 Å². The molecule has 8 aromatic rings. The minimum absolute atomic E-state index is 0.930. The number of aromatic nitrogens is 2. The maximum atomic E-state index is 5.19. The minimum Gasteiger partial charge on any atom is -0.308 e. The second-order valence-electron chi connectivity index (χ2n) is 11.7. The van der Waals surface area contributed by atoms with E-state index in [-0.39, 0.29) is 0 Å². The largest absolute Gasteiger partial charge is 0.308 e. The molecule has 0 aliphatic carbocycles. The van der Waals surface area contributed by atoms with Gasteiger partial charge in [0.15, 0.2) is 0 Å². The molecule has 1 aromatic heterocycles. The number of rotatable bonds is 5. The van der Waals surface area contributed by atoms with Gasteiger partial charge in [-0.15, -0.1) is 0 Å². The fourth-order valence-electron chi connectivity index (χ4n) is 6.52. The quantitative estimate of drug-likeness (QED) is 0.191. The zero-order chi connectivity index (χ0) is 31.2. The molecule has 47 heavy (non-hydrogen) atoms. The first-order valence-electron chi connectivity index (χ1n) is 15.8. The summed E-state index contributed by atoms with van der Waals surface area (Å²) in [6.45, 7) is 0. The van der Waals surface area contributed by atoms with Gasteiger partial charge in [-0.3, -0.25) is 4.57 Å². The molecule has 3 nitrogen and oxygen atoms in total. The van der Waals surface area contributed by atoms with E-state index >= 15 is 0 Å². The summed E-state index contributed by atoms with van der Waals surface area (Å²) in [5, 5.41) is 0. The monoisotopic (exact) mass is 619 g/mol. The summed E-state index contributed by atoms with van der Waals surface area (Å²) in [6, 6.07) is 62.6. The van der Waals surface area contributed by atoms with Crippen LogP contribution in [0.4, 0.5) is 17.1 Å². The highest BCUT2D eigenvalue weighted by molar-refractivity contribution is 7.99. The molecule has 4 heteroatoms. The van der Waals surface area contributed by atoms with Crippen LogP contribution in [0.3, 0.4) is 0 Å². The first kappa shape index (κ1) is 27.5. The highest BCUT2D eigenvalue weighted by Crippen LogP contribution is 2.52. The Morgan fingerprint density at radius 1 is 0.404 bits per heavy atom. The number of nitrogens with zero attached hydrogens (tertiary/aromatic N) is 3. The predicted molar refractivity (Wildman–Crippen MR) is 196 cm³/mol. The van der Waals surface area contributed by atoms with E-state index < -0.39 is 0 Å². The fourth-order valence-corrected chi connectivity index (χ4v) is 7.62. The molecule has 1 aliphatic rings. The normalized spacial score (nSPS) is 12.1. The van der Waals surface area contributed by atoms with Crippen molar-refractivity contribution in [1.29, 1.82) is 0 Å². The Kier molecular flexibility index (Phi) is 6.72. The molecule has 0 amide bonds. The van der Waals surface area contributed by atoms with Gasteiger partial charge in [0.1, 0.15) is 5.82 Å². The SMILES string of the molecule is c1ccc(-c2ccc(N3c4ccccc4Sc4cc(-c5nc6ccccc6n5-c5ccc(-c6ccccc6)cc5)ccc43)cc2)cc1. The smallest absolute Gasteiger partial charge is 0.145 e. The van der Waals surface area contributed by atoms with Crippen molar-refractivity contribution in [3.63, 3.8) is 0 Å². The molecule has 0 N–H and O–H groups in total. The van der Waals surface area contributed by atoms with Crippen molar-refractivity contribution in [2.24, 2.45) is 0 Å². The van der Waals surface area contributed by atoms with Crippen molar-refractivity contribution in [2.45, 2.75) is 9.79 Å². The van der Waals surface area contributed by atoms with E-state index in [0.717, 1.165) is 33.8 Å². The number of anilines is 3. The van der Waals surface area contributed by atoms with Gasteiger partial charge in [0.2, 0.25) is 0 Å². The van der Waals surface area contributed by atoms with Crippen LogP contribution >= 0.6 is 11.8 Å². The number of fused-ring (bicyclic) bond motifs is 3. The zero-order valence-electron chi connectivity index (χ0n) is 25.5. The lowest BCUT2D eigenvalue weighted by Crippen LogP contribution is -2.14. The molecule has 0 spiro atoms. The summed E-state index contributed by atoms with van der Waals surface area (Å²) in [7, 11) is 0. The molecule has 0 saturated heterocycles. The third-order valence-electron chi connectivity index (χ3n) is 8.81. The van der Waals surface area contributed by atoms with Crippen LogP contribution in [-0.4, -0.2) is 9.55 Å². The highest BCUT2D eigenvalue weighted by Gasteiger charge is 2.26. The van der Waals surface area contributed by atoms with Crippen molar-refractivity contribution >= 4 is 39.9 Å². The van der Waals surface area contributed by atoms with Gasteiger partial charge in [-0.25, -0.2) is 4.98 Å². The van der Waals surface area contributed by atoms with Crippen molar-refractivity contribution < 1.29 is 0 Å². The van der Waals surface area contributed by atoms with Crippen LogP contribution in [0.25, 0.3) is 50.4 Å². The summed E-state index contributed by atoms with van der Waals surface area (Å²) in [5.74, 6) is 0.930. The first-order valence-corrected chi connectivity index (χ1v) is 16.6. The molecular formula is C43H29N3S. The molecule has 0 radical (unpaired) electrons. The van der Waals surface area contributed by atoms with Gasteiger partial charge in [0.05, 0.1) is 22.4 Å². The third kappa shape index (κ3) is 4.91. The number of imidazole rings is 1. The van der Waals surface area contributed by atoms with Crippen LogP contribution in [0.2, 0.25) is 0 Å². The number of benzene rings is 7. The lowest BCUT2D eigenvalue weighted by Gasteiger charge is -2.33. The molecule has 0 unspecified atom stereocenters. The van der Waals surface area contributed by atoms with Crippen LogP contribution in [-0.2, 0) is 0 Å². The Hall–Kier alpha value is -5.84. The Labute approximate surface area is 278 Å². The summed E-state index contributed by atoms with van der Waals surface area (Å²) in [4.78, 5) is 10.0. The van der Waals surface area contributed by atoms with Crippen LogP contribution in [0.15, 0.2) is 186 Å². The minimum atomic E-state index is 0.930. The Bertz CT molecular complexity index is 2360. The van der Waals surface area contributed by atoms with Crippen LogP contribution < -0.4 is 4.90 Å². The molecule has 1 aliphatic heterocycles. The van der Waals surface area contributed by atoms with E-state index in [1.165, 1.54) is 43.4 Å². The lowest BCUT2D eigenvalue weighted by molar-refractivity contribution is 1.10. The van der Waals surface area contributed by atoms with Gasteiger partial charge < -0.3 is 4.90 Å². The molecule has 7 aromatic carbocycles. The summed E-state index contributed by atoms with van der Waals surface area (Å²) in [5.41, 5.74) is 12.6. The van der Waals surface area contributed by atoms with E-state index in [0.29, 0.717) is 0 Å². The van der Waals surface area contributed by atoms with Gasteiger partial charge in [0.25, 0.3) is 0 Å². The summed E-state index contributed by atoms with van der Waals surface area (Å²) in [6.07, 6.45) is 0. The van der Waals surface area contributed by atoms with Gasteiger partial charge in [-0.2, -0.15) is 0 Å². The van der Waals surface area contributed by atoms with Crippen LogP contribution in [0.1, 0.15) is 0 Å². The number of para-hydroxylation sites is 3. The summed E-state index contributed by atoms with van der Waals surface area (Å²) >= 11 is 1.82. The van der Waals surface area contributed by atoms with Crippen molar-refractivity contribution in [3.8, 4) is 39.3 Å². The third-order valence-corrected chi connectivity index (χ3v) is 9.92. The molecule has 0 fully saturated rings. The van der Waals surface area contributed by atoms with Gasteiger partial charge in [-0.05, 0) is 89.0 Å². The van der Waals surface area contributed by atoms with E-state index in [1.807, 2.05) is 11.8 Å². The first-order chi connectivity index (χ1) is 23.3. The maximum absolute atomic E-state index is 5.19. The van der Waals surface area contributed by atoms with E-state index in [2.05, 4.69) is 185 Å². The molecule has 0 bridgehead atoms. The van der Waals surface area contributed by atoms with Crippen molar-refractivity contribution in [2.75, 3.05) is 4.90 Å². The number of hydrogen-bond donors (Lipinski definition) is 0.